The van der Waals surface area contributed by atoms with E-state index in [9.17, 15) is 4.79 Å². The van der Waals surface area contributed by atoms with E-state index in [1.807, 2.05) is 17.7 Å². The van der Waals surface area contributed by atoms with Gasteiger partial charge in [-0.1, -0.05) is 11.3 Å². The van der Waals surface area contributed by atoms with Gasteiger partial charge in [-0.25, -0.2) is 9.48 Å². The van der Waals surface area contributed by atoms with Crippen molar-refractivity contribution < 1.29 is 19.4 Å². The standard InChI is InChI=1S/C22H26N4O4/c1-3-30-21-12-15(4-7-20(21)29-2)14-25-10-8-17(9-11-25)26-19-6-5-16(22(27)28)13-18(19)23-24-26/h4-7,12-13,17H,3,8-11,14H2,1-2H3,(H,27,28). The number of carbonyl (C=O) groups is 1. The fraction of sp³-hybridized carbons (Fsp3) is 0.409. The smallest absolute Gasteiger partial charge is 0.335 e. The van der Waals surface area contributed by atoms with Crippen molar-refractivity contribution in [2.24, 2.45) is 0 Å². The van der Waals surface area contributed by atoms with Gasteiger partial charge in [0.15, 0.2) is 11.5 Å². The van der Waals surface area contributed by atoms with Crippen molar-refractivity contribution in [3.8, 4) is 11.5 Å². The number of aromatic carboxylic acids is 1. The molecule has 1 saturated heterocycles. The number of ether oxygens (including phenoxy) is 2. The van der Waals surface area contributed by atoms with E-state index in [0.29, 0.717) is 12.1 Å². The normalized spacial score (nSPS) is 15.4. The number of methoxy groups -OCH3 is 1. The minimum absolute atomic E-state index is 0.232. The molecule has 4 rings (SSSR count). The molecule has 0 unspecified atom stereocenters. The molecule has 0 amide bonds. The molecule has 30 heavy (non-hydrogen) atoms. The van der Waals surface area contributed by atoms with Gasteiger partial charge in [0.1, 0.15) is 5.52 Å². The molecule has 0 spiro atoms. The molecule has 0 aliphatic carbocycles. The summed E-state index contributed by atoms with van der Waals surface area (Å²) in [7, 11) is 1.65. The number of benzene rings is 2. The highest BCUT2D eigenvalue weighted by Gasteiger charge is 2.23. The van der Waals surface area contributed by atoms with Crippen LogP contribution in [0.15, 0.2) is 36.4 Å². The van der Waals surface area contributed by atoms with Crippen molar-refractivity contribution in [3.63, 3.8) is 0 Å². The molecule has 1 fully saturated rings. The van der Waals surface area contributed by atoms with E-state index in [1.54, 1.807) is 25.3 Å². The van der Waals surface area contributed by atoms with Gasteiger partial charge in [0.2, 0.25) is 0 Å². The van der Waals surface area contributed by atoms with Crippen LogP contribution < -0.4 is 9.47 Å². The maximum Gasteiger partial charge on any atom is 0.335 e. The summed E-state index contributed by atoms with van der Waals surface area (Å²) < 4.78 is 13.0. The number of carboxylic acids is 1. The van der Waals surface area contributed by atoms with Gasteiger partial charge in [0.25, 0.3) is 0 Å². The van der Waals surface area contributed by atoms with Crippen LogP contribution in [0.3, 0.4) is 0 Å². The molecule has 0 atom stereocenters. The Bertz CT molecular complexity index is 1040. The average molecular weight is 410 g/mol. The number of fused-ring (bicyclic) bond motifs is 1. The topological polar surface area (TPSA) is 89.7 Å². The molecule has 0 bridgehead atoms. The van der Waals surface area contributed by atoms with Crippen molar-refractivity contribution in [3.05, 3.63) is 47.5 Å². The molecule has 1 aliphatic rings. The maximum absolute atomic E-state index is 11.2. The molecule has 8 heteroatoms. The minimum Gasteiger partial charge on any atom is -0.493 e. The molecule has 0 saturated carbocycles. The van der Waals surface area contributed by atoms with Gasteiger partial charge < -0.3 is 14.6 Å². The summed E-state index contributed by atoms with van der Waals surface area (Å²) in [6, 6.07) is 11.3. The number of nitrogens with zero attached hydrogens (tertiary/aromatic N) is 4. The Morgan fingerprint density at radius 2 is 1.97 bits per heavy atom. The van der Waals surface area contributed by atoms with E-state index in [4.69, 9.17) is 14.6 Å². The third-order valence-corrected chi connectivity index (χ3v) is 5.56. The number of likely N-dealkylation sites (tertiary alicyclic amines) is 1. The summed E-state index contributed by atoms with van der Waals surface area (Å²) in [5, 5.41) is 17.6. The zero-order valence-corrected chi connectivity index (χ0v) is 17.2. The third-order valence-electron chi connectivity index (χ3n) is 5.56. The SMILES string of the molecule is CCOc1cc(CN2CCC(n3nnc4cc(C(=O)O)ccc43)CC2)ccc1OC. The molecule has 8 nitrogen and oxygen atoms in total. The van der Waals surface area contributed by atoms with E-state index in [2.05, 4.69) is 27.3 Å². The Hall–Kier alpha value is -3.13. The monoisotopic (exact) mass is 410 g/mol. The molecule has 3 aromatic rings. The van der Waals surface area contributed by atoms with Crippen LogP contribution in [0.25, 0.3) is 11.0 Å². The molecule has 2 aromatic carbocycles. The summed E-state index contributed by atoms with van der Waals surface area (Å²) in [5.41, 5.74) is 2.94. The van der Waals surface area contributed by atoms with Crippen molar-refractivity contribution in [1.82, 2.24) is 19.9 Å². The molecule has 0 radical (unpaired) electrons. The van der Waals surface area contributed by atoms with E-state index >= 15 is 0 Å². The van der Waals surface area contributed by atoms with Gasteiger partial charge in [-0.2, -0.15) is 0 Å². The second kappa shape index (κ2) is 8.71. The molecule has 1 N–H and O–H groups in total. The van der Waals surface area contributed by atoms with E-state index in [-0.39, 0.29) is 11.6 Å². The lowest BCUT2D eigenvalue weighted by Crippen LogP contribution is -2.34. The van der Waals surface area contributed by atoms with Crippen LogP contribution in [-0.2, 0) is 6.54 Å². The van der Waals surface area contributed by atoms with Crippen LogP contribution >= 0.6 is 0 Å². The quantitative estimate of drug-likeness (QED) is 0.639. The van der Waals surface area contributed by atoms with Crippen LogP contribution in [-0.4, -0.2) is 57.8 Å². The first-order chi connectivity index (χ1) is 14.6. The Morgan fingerprint density at radius 1 is 1.17 bits per heavy atom. The van der Waals surface area contributed by atoms with Gasteiger partial charge in [0.05, 0.1) is 30.8 Å². The van der Waals surface area contributed by atoms with E-state index in [1.165, 1.54) is 5.56 Å². The Morgan fingerprint density at radius 3 is 2.67 bits per heavy atom. The highest BCUT2D eigenvalue weighted by molar-refractivity contribution is 5.92. The summed E-state index contributed by atoms with van der Waals surface area (Å²) in [6.45, 7) is 5.33. The number of hydrogen-bond acceptors (Lipinski definition) is 6. The van der Waals surface area contributed by atoms with Crippen molar-refractivity contribution in [2.75, 3.05) is 26.8 Å². The highest BCUT2D eigenvalue weighted by atomic mass is 16.5. The summed E-state index contributed by atoms with van der Waals surface area (Å²) in [4.78, 5) is 13.6. The molecule has 158 valence electrons. The lowest BCUT2D eigenvalue weighted by Gasteiger charge is -2.32. The summed E-state index contributed by atoms with van der Waals surface area (Å²) >= 11 is 0. The second-order valence-corrected chi connectivity index (χ2v) is 7.47. The fourth-order valence-corrected chi connectivity index (χ4v) is 4.01. The molecule has 1 aromatic heterocycles. The van der Waals surface area contributed by atoms with Gasteiger partial charge in [-0.15, -0.1) is 5.10 Å². The van der Waals surface area contributed by atoms with Crippen molar-refractivity contribution in [1.29, 1.82) is 0 Å². The first-order valence-electron chi connectivity index (χ1n) is 10.2. The second-order valence-electron chi connectivity index (χ2n) is 7.47. The first kappa shape index (κ1) is 20.2. The zero-order valence-electron chi connectivity index (χ0n) is 17.2. The minimum atomic E-state index is -0.953. The van der Waals surface area contributed by atoms with Crippen LogP contribution in [0.1, 0.15) is 41.7 Å². The van der Waals surface area contributed by atoms with Crippen molar-refractivity contribution >= 4 is 17.0 Å². The highest BCUT2D eigenvalue weighted by Crippen LogP contribution is 2.30. The number of rotatable bonds is 7. The summed E-state index contributed by atoms with van der Waals surface area (Å²) in [5.74, 6) is 0.580. The molecule has 2 heterocycles. The largest absolute Gasteiger partial charge is 0.493 e. The molecular formula is C22H26N4O4. The molecular weight excluding hydrogens is 384 g/mol. The first-order valence-corrected chi connectivity index (χ1v) is 10.2. The van der Waals surface area contributed by atoms with Crippen LogP contribution in [0.5, 0.6) is 11.5 Å². The summed E-state index contributed by atoms with van der Waals surface area (Å²) in [6.07, 6.45) is 1.93. The van der Waals surface area contributed by atoms with Gasteiger partial charge in [0, 0.05) is 19.6 Å². The number of aromatic nitrogens is 3. The van der Waals surface area contributed by atoms with Gasteiger partial charge in [-0.3, -0.25) is 4.90 Å². The number of carboxylic acid groups (broad SMARTS) is 1. The maximum atomic E-state index is 11.2. The zero-order chi connectivity index (χ0) is 21.1. The van der Waals surface area contributed by atoms with Gasteiger partial charge in [-0.05, 0) is 55.7 Å². The van der Waals surface area contributed by atoms with Crippen LogP contribution in [0.4, 0.5) is 0 Å². The third kappa shape index (κ3) is 4.09. The lowest BCUT2D eigenvalue weighted by atomic mass is 10.0. The number of hydrogen-bond donors (Lipinski definition) is 1. The Kier molecular flexibility index (Phi) is 5.85. The van der Waals surface area contributed by atoms with E-state index in [0.717, 1.165) is 49.5 Å². The fourth-order valence-electron chi connectivity index (χ4n) is 4.01. The molecule has 1 aliphatic heterocycles. The predicted molar refractivity (Wildman–Crippen MR) is 112 cm³/mol. The predicted octanol–water partition coefficient (Wildman–Crippen LogP) is 3.37. The van der Waals surface area contributed by atoms with E-state index < -0.39 is 5.97 Å². The Labute approximate surface area is 175 Å². The Balaban J connectivity index is 1.41. The van der Waals surface area contributed by atoms with Crippen LogP contribution in [0.2, 0.25) is 0 Å². The average Bonchev–Trinajstić information content (AvgIpc) is 3.18. The van der Waals surface area contributed by atoms with Gasteiger partial charge >= 0.3 is 5.97 Å². The van der Waals surface area contributed by atoms with Crippen molar-refractivity contribution in [2.45, 2.75) is 32.4 Å². The number of piperidine rings is 1. The lowest BCUT2D eigenvalue weighted by molar-refractivity contribution is 0.0697. The van der Waals surface area contributed by atoms with Crippen LogP contribution in [0, 0.1) is 0 Å².